The maximum atomic E-state index is 5.24. The predicted octanol–water partition coefficient (Wildman–Crippen LogP) is 3.37. The van der Waals surface area contributed by atoms with Crippen molar-refractivity contribution >= 4 is 0 Å². The van der Waals surface area contributed by atoms with Gasteiger partial charge in [0.25, 0.3) is 0 Å². The molecule has 188 valence electrons. The third-order valence-corrected chi connectivity index (χ3v) is 4.79. The number of methoxy groups -OCH3 is 3. The van der Waals surface area contributed by atoms with Crippen LogP contribution in [0.25, 0.3) is 0 Å². The van der Waals surface area contributed by atoms with E-state index in [9.17, 15) is 0 Å². The van der Waals surface area contributed by atoms with Gasteiger partial charge in [-0.15, -0.1) is 0 Å². The number of hydrogen-bond donors (Lipinski definition) is 0. The summed E-state index contributed by atoms with van der Waals surface area (Å²) in [6.07, 6.45) is 5.09. The van der Waals surface area contributed by atoms with E-state index >= 15 is 0 Å². The standard InChI is InChI=1S/2C7H15NO2.C6H13NO2.C2H6/c1-7-3-4-8(5-7)10-6-9-2;1-9-7-10-8-5-3-2-4-6-8;1-6-3-7(4-6)9-5-8-2;1-2/h7H,3-6H2,1-2H3;2-7H2,1H3;6H,3-5H2,1-2H3;1-2H3. The lowest BCUT2D eigenvalue weighted by Crippen LogP contribution is -2.45. The quantitative estimate of drug-likeness (QED) is 0.491. The summed E-state index contributed by atoms with van der Waals surface area (Å²) < 4.78 is 14.3. The number of ether oxygens (including phenoxy) is 3. The first-order valence-corrected chi connectivity index (χ1v) is 11.7. The molecule has 3 aliphatic rings. The van der Waals surface area contributed by atoms with Crippen LogP contribution in [0.1, 0.15) is 53.4 Å². The van der Waals surface area contributed by atoms with Gasteiger partial charge in [-0.05, 0) is 31.1 Å². The molecule has 9 heteroatoms. The minimum Gasteiger partial charge on any atom is -0.357 e. The molecule has 0 aromatic carbocycles. The molecule has 0 aromatic heterocycles. The smallest absolute Gasteiger partial charge is 0.166 e. The molecule has 0 aliphatic carbocycles. The molecule has 3 aliphatic heterocycles. The van der Waals surface area contributed by atoms with E-state index in [-0.39, 0.29) is 0 Å². The zero-order chi connectivity index (χ0) is 23.3. The van der Waals surface area contributed by atoms with Crippen molar-refractivity contribution in [3.05, 3.63) is 0 Å². The topological polar surface area (TPSA) is 65.1 Å². The Bertz CT molecular complexity index is 360. The summed E-state index contributed by atoms with van der Waals surface area (Å²) in [6.45, 7) is 15.9. The number of piperidine rings is 1. The third-order valence-electron chi connectivity index (χ3n) is 4.79. The van der Waals surface area contributed by atoms with Gasteiger partial charge in [0.2, 0.25) is 0 Å². The molecule has 0 spiro atoms. The maximum Gasteiger partial charge on any atom is 0.166 e. The molecular formula is C22H49N3O6. The summed E-state index contributed by atoms with van der Waals surface area (Å²) in [5.74, 6) is 1.57. The van der Waals surface area contributed by atoms with E-state index in [1.807, 2.05) is 29.0 Å². The Hall–Kier alpha value is -0.360. The normalized spacial score (nSPS) is 22.4. The van der Waals surface area contributed by atoms with Crippen LogP contribution in [0.3, 0.4) is 0 Å². The molecule has 0 radical (unpaired) electrons. The van der Waals surface area contributed by atoms with Gasteiger partial charge >= 0.3 is 0 Å². The highest BCUT2D eigenvalue weighted by atomic mass is 16.8. The second kappa shape index (κ2) is 21.5. The fraction of sp³-hybridized carbons (Fsp3) is 1.00. The van der Waals surface area contributed by atoms with Gasteiger partial charge in [0, 0.05) is 60.6 Å². The summed E-state index contributed by atoms with van der Waals surface area (Å²) >= 11 is 0. The fourth-order valence-electron chi connectivity index (χ4n) is 3.13. The molecule has 3 saturated heterocycles. The largest absolute Gasteiger partial charge is 0.357 e. The molecule has 9 nitrogen and oxygen atoms in total. The first-order chi connectivity index (χ1) is 15.1. The van der Waals surface area contributed by atoms with Gasteiger partial charge < -0.3 is 14.2 Å². The molecular weight excluding hydrogens is 402 g/mol. The van der Waals surface area contributed by atoms with Crippen molar-refractivity contribution in [2.75, 3.05) is 81.0 Å². The van der Waals surface area contributed by atoms with Crippen molar-refractivity contribution in [1.29, 1.82) is 0 Å². The van der Waals surface area contributed by atoms with Gasteiger partial charge in [-0.1, -0.05) is 34.1 Å². The fourth-order valence-corrected chi connectivity index (χ4v) is 3.13. The minimum atomic E-state index is 0.382. The van der Waals surface area contributed by atoms with Gasteiger partial charge in [0.05, 0.1) is 0 Å². The van der Waals surface area contributed by atoms with E-state index in [2.05, 4.69) is 13.8 Å². The lowest BCUT2D eigenvalue weighted by molar-refractivity contribution is -0.260. The molecule has 31 heavy (non-hydrogen) atoms. The zero-order valence-corrected chi connectivity index (χ0v) is 21.1. The summed E-state index contributed by atoms with van der Waals surface area (Å²) in [7, 11) is 4.91. The maximum absolute atomic E-state index is 5.24. The Morgan fingerprint density at radius 2 is 1.03 bits per heavy atom. The molecule has 3 fully saturated rings. The predicted molar refractivity (Wildman–Crippen MR) is 122 cm³/mol. The highest BCUT2D eigenvalue weighted by molar-refractivity contribution is 4.68. The SMILES string of the molecule is CC.COCON1CC(C)C1.COCON1CCC(C)C1.COCON1CCCCC1. The van der Waals surface area contributed by atoms with E-state index in [1.165, 1.54) is 25.7 Å². The molecule has 0 bridgehead atoms. The summed E-state index contributed by atoms with van der Waals surface area (Å²) in [6, 6.07) is 0. The number of nitrogens with zero attached hydrogens (tertiary/aromatic N) is 3. The van der Waals surface area contributed by atoms with Crippen molar-refractivity contribution in [3.63, 3.8) is 0 Å². The highest BCUT2D eigenvalue weighted by Crippen LogP contribution is 2.14. The van der Waals surface area contributed by atoms with Crippen LogP contribution in [0.2, 0.25) is 0 Å². The molecule has 0 amide bonds. The van der Waals surface area contributed by atoms with E-state index in [0.29, 0.717) is 20.4 Å². The molecule has 3 rings (SSSR count). The van der Waals surface area contributed by atoms with Crippen LogP contribution in [-0.2, 0) is 28.7 Å². The van der Waals surface area contributed by atoms with Crippen molar-refractivity contribution < 1.29 is 28.7 Å². The average Bonchev–Trinajstić information content (AvgIpc) is 3.21. The van der Waals surface area contributed by atoms with Crippen LogP contribution >= 0.6 is 0 Å². The second-order valence-corrected chi connectivity index (χ2v) is 7.83. The van der Waals surface area contributed by atoms with E-state index in [0.717, 1.165) is 51.1 Å². The van der Waals surface area contributed by atoms with Crippen LogP contribution in [0.5, 0.6) is 0 Å². The Kier molecular flexibility index (Phi) is 21.2. The Morgan fingerprint density at radius 3 is 1.45 bits per heavy atom. The number of hydroxylamine groups is 6. The van der Waals surface area contributed by atoms with E-state index in [1.54, 1.807) is 21.3 Å². The summed E-state index contributed by atoms with van der Waals surface area (Å²) in [4.78, 5) is 15.6. The van der Waals surface area contributed by atoms with E-state index in [4.69, 9.17) is 28.7 Å². The molecule has 0 aromatic rings. The van der Waals surface area contributed by atoms with E-state index < -0.39 is 0 Å². The number of rotatable bonds is 9. The molecule has 3 heterocycles. The van der Waals surface area contributed by atoms with Crippen molar-refractivity contribution in [2.45, 2.75) is 53.4 Å². The Labute approximate surface area is 190 Å². The molecule has 1 atom stereocenters. The first kappa shape index (κ1) is 30.6. The Morgan fingerprint density at radius 1 is 0.581 bits per heavy atom. The second-order valence-electron chi connectivity index (χ2n) is 7.83. The Balaban J connectivity index is 0.000000419. The van der Waals surface area contributed by atoms with Crippen molar-refractivity contribution in [2.24, 2.45) is 11.8 Å². The van der Waals surface area contributed by atoms with Crippen LogP contribution < -0.4 is 0 Å². The van der Waals surface area contributed by atoms with Gasteiger partial charge in [0.15, 0.2) is 20.4 Å². The first-order valence-electron chi connectivity index (χ1n) is 11.7. The minimum absolute atomic E-state index is 0.382. The van der Waals surface area contributed by atoms with Gasteiger partial charge in [-0.2, -0.15) is 15.2 Å². The zero-order valence-electron chi connectivity index (χ0n) is 21.1. The lowest BCUT2D eigenvalue weighted by atomic mass is 10.1. The summed E-state index contributed by atoms with van der Waals surface area (Å²) in [5.41, 5.74) is 0. The average molecular weight is 452 g/mol. The van der Waals surface area contributed by atoms with Crippen LogP contribution in [0, 0.1) is 11.8 Å². The third kappa shape index (κ3) is 16.9. The van der Waals surface area contributed by atoms with Crippen molar-refractivity contribution in [1.82, 2.24) is 15.2 Å². The van der Waals surface area contributed by atoms with Gasteiger partial charge in [-0.25, -0.2) is 0 Å². The highest BCUT2D eigenvalue weighted by Gasteiger charge is 2.22. The number of hydrogen-bond acceptors (Lipinski definition) is 9. The van der Waals surface area contributed by atoms with Crippen LogP contribution in [0.4, 0.5) is 0 Å². The molecule has 1 unspecified atom stereocenters. The van der Waals surface area contributed by atoms with Crippen LogP contribution in [-0.4, -0.2) is 96.2 Å². The van der Waals surface area contributed by atoms with Crippen molar-refractivity contribution in [3.8, 4) is 0 Å². The monoisotopic (exact) mass is 451 g/mol. The lowest BCUT2D eigenvalue weighted by Gasteiger charge is -2.35. The van der Waals surface area contributed by atoms with Gasteiger partial charge in [0.1, 0.15) is 0 Å². The molecule has 0 N–H and O–H groups in total. The van der Waals surface area contributed by atoms with Crippen LogP contribution in [0.15, 0.2) is 0 Å². The summed E-state index contributed by atoms with van der Waals surface area (Å²) in [5, 5.41) is 5.86. The van der Waals surface area contributed by atoms with Gasteiger partial charge in [-0.3, -0.25) is 14.5 Å². The molecule has 0 saturated carbocycles.